The van der Waals surface area contributed by atoms with Gasteiger partial charge in [0.15, 0.2) is 0 Å². The van der Waals surface area contributed by atoms with Gasteiger partial charge in [0.25, 0.3) is 5.91 Å². The number of nitrogens with two attached hydrogens (primary N) is 1. The number of likely N-dealkylation sites (N-methyl/N-ethyl adjacent to an activating group) is 1. The average Bonchev–Trinajstić information content (AvgIpc) is 3.46. The van der Waals surface area contributed by atoms with E-state index in [1.165, 1.54) is 0 Å². The Morgan fingerprint density at radius 1 is 1.00 bits per heavy atom. The van der Waals surface area contributed by atoms with Crippen LogP contribution in [0.15, 0.2) is 30.6 Å². The lowest BCUT2D eigenvalue weighted by molar-refractivity contribution is 0.0643. The molecule has 0 radical (unpaired) electrons. The number of carbonyl (C=O) groups excluding carboxylic acids is 2. The highest BCUT2D eigenvalue weighted by atomic mass is 16.5. The van der Waals surface area contributed by atoms with Crippen LogP contribution in [0.1, 0.15) is 28.4 Å². The molecule has 2 fully saturated rings. The minimum Gasteiger partial charge on any atom is -0.378 e. The van der Waals surface area contributed by atoms with Gasteiger partial charge < -0.3 is 30.5 Å². The van der Waals surface area contributed by atoms with Crippen molar-refractivity contribution in [1.29, 1.82) is 0 Å². The second-order valence-electron chi connectivity index (χ2n) is 10.7. The van der Waals surface area contributed by atoms with Crippen LogP contribution < -0.4 is 20.9 Å². The summed E-state index contributed by atoms with van der Waals surface area (Å²) in [4.78, 5) is 53.0. The summed E-state index contributed by atoms with van der Waals surface area (Å²) in [7, 11) is 0. The highest BCUT2D eigenvalue weighted by Gasteiger charge is 2.32. The summed E-state index contributed by atoms with van der Waals surface area (Å²) in [5.74, 6) is 1.23. The number of urea groups is 1. The normalized spacial score (nSPS) is 17.3. The molecular formula is C29H36N10O3. The van der Waals surface area contributed by atoms with Crippen LogP contribution in [0.25, 0.3) is 11.3 Å². The first-order chi connectivity index (χ1) is 20.4. The molecule has 5 heterocycles. The zero-order valence-corrected chi connectivity index (χ0v) is 24.0. The molecule has 3 aromatic rings. The molecule has 0 bridgehead atoms. The number of benzene rings is 1. The molecule has 3 aliphatic rings. The number of hydrogen-bond acceptors (Lipinski definition) is 10. The highest BCUT2D eigenvalue weighted by molar-refractivity contribution is 6.04. The highest BCUT2D eigenvalue weighted by Crippen LogP contribution is 2.36. The van der Waals surface area contributed by atoms with Crippen molar-refractivity contribution in [2.45, 2.75) is 20.3 Å². The Kier molecular flexibility index (Phi) is 7.85. The minimum absolute atomic E-state index is 0.0222. The standard InChI is InChI=1S/C29H36N10O3/c1-3-36-8-10-37(11-9-36)26(40)20-5-4-19(2)23(16-20)33-29(41)39-7-6-22-24(21-17-31-27(30)32-18-21)34-28(35-25(22)39)38-12-14-42-15-13-38/h4-5,16-18H,3,6-15H2,1-2H3,(H,33,41)(H2,30,31,32). The summed E-state index contributed by atoms with van der Waals surface area (Å²) in [6, 6.07) is 5.16. The third-order valence-electron chi connectivity index (χ3n) is 8.13. The third kappa shape index (κ3) is 5.57. The lowest BCUT2D eigenvalue weighted by Gasteiger charge is -2.34. The molecule has 3 N–H and O–H groups in total. The van der Waals surface area contributed by atoms with Crippen LogP contribution in [0.2, 0.25) is 0 Å². The first kappa shape index (κ1) is 27.8. The average molecular weight is 573 g/mol. The van der Waals surface area contributed by atoms with Crippen molar-refractivity contribution in [3.63, 3.8) is 0 Å². The van der Waals surface area contributed by atoms with Gasteiger partial charge in [-0.1, -0.05) is 13.0 Å². The van der Waals surface area contributed by atoms with Crippen LogP contribution in [0.4, 0.5) is 28.2 Å². The maximum absolute atomic E-state index is 13.7. The van der Waals surface area contributed by atoms with Gasteiger partial charge in [-0.2, -0.15) is 4.98 Å². The van der Waals surface area contributed by atoms with Gasteiger partial charge >= 0.3 is 6.03 Å². The van der Waals surface area contributed by atoms with Gasteiger partial charge in [0.2, 0.25) is 11.9 Å². The number of piperazine rings is 1. The summed E-state index contributed by atoms with van der Waals surface area (Å²) in [6.07, 6.45) is 3.86. The molecule has 13 nitrogen and oxygen atoms in total. The van der Waals surface area contributed by atoms with Gasteiger partial charge in [-0.3, -0.25) is 9.69 Å². The van der Waals surface area contributed by atoms with Crippen molar-refractivity contribution in [2.75, 3.05) is 86.4 Å². The fourth-order valence-corrected chi connectivity index (χ4v) is 5.57. The Labute approximate surface area is 244 Å². The molecule has 3 aliphatic heterocycles. The van der Waals surface area contributed by atoms with E-state index in [1.54, 1.807) is 23.4 Å². The predicted octanol–water partition coefficient (Wildman–Crippen LogP) is 2.03. The van der Waals surface area contributed by atoms with Crippen LogP contribution in [0.3, 0.4) is 0 Å². The number of morpholine rings is 1. The lowest BCUT2D eigenvalue weighted by atomic mass is 10.1. The number of hydrogen-bond donors (Lipinski definition) is 2. The number of ether oxygens (including phenoxy) is 1. The minimum atomic E-state index is -0.316. The van der Waals surface area contributed by atoms with Crippen LogP contribution >= 0.6 is 0 Å². The van der Waals surface area contributed by atoms with E-state index in [4.69, 9.17) is 20.4 Å². The molecule has 2 aromatic heterocycles. The fraction of sp³-hybridized carbons (Fsp3) is 0.448. The van der Waals surface area contributed by atoms with E-state index in [2.05, 4.69) is 32.0 Å². The maximum atomic E-state index is 13.7. The molecule has 13 heteroatoms. The number of amides is 3. The summed E-state index contributed by atoms with van der Waals surface area (Å²) < 4.78 is 5.52. The van der Waals surface area contributed by atoms with Gasteiger partial charge in [0.1, 0.15) is 5.82 Å². The molecule has 42 heavy (non-hydrogen) atoms. The van der Waals surface area contributed by atoms with Gasteiger partial charge in [0.05, 0.1) is 18.9 Å². The Bertz CT molecular complexity index is 1470. The van der Waals surface area contributed by atoms with Crippen LogP contribution in [-0.4, -0.2) is 107 Å². The van der Waals surface area contributed by atoms with E-state index in [0.29, 0.717) is 86.6 Å². The summed E-state index contributed by atoms with van der Waals surface area (Å²) in [5.41, 5.74) is 10.00. The maximum Gasteiger partial charge on any atom is 0.327 e. The van der Waals surface area contributed by atoms with Crippen molar-refractivity contribution in [3.05, 3.63) is 47.3 Å². The van der Waals surface area contributed by atoms with Crippen LogP contribution in [0.5, 0.6) is 0 Å². The molecule has 0 aliphatic carbocycles. The molecule has 0 spiro atoms. The Balaban J connectivity index is 1.27. The van der Waals surface area contributed by atoms with Crippen LogP contribution in [-0.2, 0) is 11.2 Å². The molecular weight excluding hydrogens is 536 g/mol. The number of nitrogens with zero attached hydrogens (tertiary/aromatic N) is 8. The molecule has 6 rings (SSSR count). The largest absolute Gasteiger partial charge is 0.378 e. The van der Waals surface area contributed by atoms with Crippen molar-refractivity contribution in [2.24, 2.45) is 0 Å². The SMILES string of the molecule is CCN1CCN(C(=O)c2ccc(C)c(NC(=O)N3CCc4c(-c5cnc(N)nc5)nc(N5CCOCC5)nc43)c2)CC1. The molecule has 220 valence electrons. The second-order valence-corrected chi connectivity index (χ2v) is 10.7. The Morgan fingerprint density at radius 2 is 1.74 bits per heavy atom. The number of nitrogen functional groups attached to an aromatic ring is 1. The van der Waals surface area contributed by atoms with Crippen molar-refractivity contribution in [1.82, 2.24) is 29.7 Å². The molecule has 0 saturated carbocycles. The quantitative estimate of drug-likeness (QED) is 0.466. The number of nitrogens with one attached hydrogen (secondary N) is 1. The Hall–Kier alpha value is -4.36. The summed E-state index contributed by atoms with van der Waals surface area (Å²) in [5, 5.41) is 3.05. The number of anilines is 4. The number of fused-ring (bicyclic) bond motifs is 1. The zero-order chi connectivity index (χ0) is 29.2. The summed E-state index contributed by atoms with van der Waals surface area (Å²) in [6.45, 7) is 11.0. The first-order valence-electron chi connectivity index (χ1n) is 14.4. The van der Waals surface area contributed by atoms with Gasteiger partial charge in [-0.15, -0.1) is 0 Å². The molecule has 2 saturated heterocycles. The van der Waals surface area contributed by atoms with E-state index in [1.807, 2.05) is 24.0 Å². The molecule has 3 amide bonds. The number of aromatic nitrogens is 4. The zero-order valence-electron chi connectivity index (χ0n) is 24.0. The summed E-state index contributed by atoms with van der Waals surface area (Å²) >= 11 is 0. The second kappa shape index (κ2) is 11.9. The van der Waals surface area contributed by atoms with E-state index >= 15 is 0 Å². The van der Waals surface area contributed by atoms with Gasteiger partial charge in [-0.05, 0) is 37.6 Å². The van der Waals surface area contributed by atoms with Crippen molar-refractivity contribution < 1.29 is 14.3 Å². The molecule has 1 aromatic carbocycles. The number of aryl methyl sites for hydroxylation is 1. The molecule has 0 unspecified atom stereocenters. The monoisotopic (exact) mass is 572 g/mol. The van der Waals surface area contributed by atoms with Crippen molar-refractivity contribution in [3.8, 4) is 11.3 Å². The first-order valence-corrected chi connectivity index (χ1v) is 14.4. The van der Waals surface area contributed by atoms with Crippen LogP contribution in [0, 0.1) is 6.92 Å². The number of rotatable bonds is 5. The topological polar surface area (TPSA) is 146 Å². The number of carbonyl (C=O) groups is 2. The molecule has 0 atom stereocenters. The fourth-order valence-electron chi connectivity index (χ4n) is 5.57. The van der Waals surface area contributed by atoms with E-state index in [-0.39, 0.29) is 17.9 Å². The van der Waals surface area contributed by atoms with E-state index < -0.39 is 0 Å². The van der Waals surface area contributed by atoms with E-state index in [9.17, 15) is 9.59 Å². The Morgan fingerprint density at radius 3 is 2.45 bits per heavy atom. The predicted molar refractivity (Wildman–Crippen MR) is 160 cm³/mol. The third-order valence-corrected chi connectivity index (χ3v) is 8.13. The smallest absolute Gasteiger partial charge is 0.327 e. The van der Waals surface area contributed by atoms with E-state index in [0.717, 1.165) is 30.8 Å². The lowest BCUT2D eigenvalue weighted by Crippen LogP contribution is -2.48. The van der Waals surface area contributed by atoms with Gasteiger partial charge in [0, 0.05) is 80.6 Å². The van der Waals surface area contributed by atoms with Crippen molar-refractivity contribution >= 4 is 35.3 Å². The van der Waals surface area contributed by atoms with Gasteiger partial charge in [-0.25, -0.2) is 19.7 Å².